The van der Waals surface area contributed by atoms with E-state index in [2.05, 4.69) is 0 Å². The fourth-order valence-electron chi connectivity index (χ4n) is 5.81. The van der Waals surface area contributed by atoms with Crippen LogP contribution in [-0.2, 0) is 38.6 Å². The summed E-state index contributed by atoms with van der Waals surface area (Å²) in [6.45, 7) is 2.27. The quantitative estimate of drug-likeness (QED) is 0.298. The van der Waals surface area contributed by atoms with Crippen molar-refractivity contribution < 1.29 is 29.2 Å². The van der Waals surface area contributed by atoms with E-state index in [0.29, 0.717) is 38.9 Å². The lowest BCUT2D eigenvalue weighted by Gasteiger charge is -2.42. The normalized spacial score (nSPS) is 23.2. The SMILES string of the molecule is COC(=O)C([C@H]1CC[C@H](OCc2ccccc2)[C@@]1(O)COCc1ccccc1)C(C)(O)CCc1ccccc1. The Morgan fingerprint density at radius 2 is 1.44 bits per heavy atom. The van der Waals surface area contributed by atoms with Crippen molar-refractivity contribution in [3.8, 4) is 0 Å². The van der Waals surface area contributed by atoms with E-state index in [9.17, 15) is 15.0 Å². The molecule has 0 bridgehead atoms. The molecule has 0 spiro atoms. The number of ether oxygens (including phenoxy) is 3. The summed E-state index contributed by atoms with van der Waals surface area (Å²) in [5.41, 5.74) is 0.122. The first-order chi connectivity index (χ1) is 18.8. The molecule has 0 aromatic heterocycles. The Balaban J connectivity index is 1.57. The van der Waals surface area contributed by atoms with Gasteiger partial charge in [-0.3, -0.25) is 4.79 Å². The number of benzene rings is 3. The maximum absolute atomic E-state index is 13.3. The van der Waals surface area contributed by atoms with Crippen LogP contribution in [-0.4, -0.2) is 47.2 Å². The molecule has 0 aliphatic heterocycles. The second-order valence-electron chi connectivity index (χ2n) is 10.8. The fourth-order valence-corrected chi connectivity index (χ4v) is 5.81. The zero-order valence-electron chi connectivity index (χ0n) is 22.9. The molecule has 5 atom stereocenters. The Labute approximate surface area is 231 Å². The Kier molecular flexibility index (Phi) is 9.92. The van der Waals surface area contributed by atoms with Gasteiger partial charge in [0.2, 0.25) is 0 Å². The second-order valence-corrected chi connectivity index (χ2v) is 10.8. The van der Waals surface area contributed by atoms with Crippen LogP contribution in [0.5, 0.6) is 0 Å². The topological polar surface area (TPSA) is 85.2 Å². The molecule has 0 radical (unpaired) electrons. The van der Waals surface area contributed by atoms with Crippen molar-refractivity contribution in [2.45, 2.75) is 63.1 Å². The smallest absolute Gasteiger partial charge is 0.311 e. The van der Waals surface area contributed by atoms with Gasteiger partial charge in [0.05, 0.1) is 44.6 Å². The van der Waals surface area contributed by atoms with Crippen LogP contribution in [0, 0.1) is 11.8 Å². The molecule has 1 aliphatic rings. The molecule has 1 saturated carbocycles. The van der Waals surface area contributed by atoms with Crippen molar-refractivity contribution in [3.05, 3.63) is 108 Å². The average molecular weight is 533 g/mol. The van der Waals surface area contributed by atoms with E-state index in [1.165, 1.54) is 7.11 Å². The Morgan fingerprint density at radius 1 is 0.897 bits per heavy atom. The zero-order valence-corrected chi connectivity index (χ0v) is 22.9. The first-order valence-corrected chi connectivity index (χ1v) is 13.7. The van der Waals surface area contributed by atoms with Gasteiger partial charge in [-0.2, -0.15) is 0 Å². The first-order valence-electron chi connectivity index (χ1n) is 13.7. The molecule has 6 heteroatoms. The van der Waals surface area contributed by atoms with Crippen LogP contribution >= 0.6 is 0 Å². The molecule has 6 nitrogen and oxygen atoms in total. The van der Waals surface area contributed by atoms with Crippen LogP contribution in [0.2, 0.25) is 0 Å². The number of rotatable bonds is 13. The average Bonchev–Trinajstić information content (AvgIpc) is 3.27. The minimum atomic E-state index is -1.50. The fraction of sp³-hybridized carbons (Fsp3) is 0.424. The summed E-state index contributed by atoms with van der Waals surface area (Å²) in [6.07, 6.45) is 1.38. The summed E-state index contributed by atoms with van der Waals surface area (Å²) in [5.74, 6) is -2.11. The highest BCUT2D eigenvalue weighted by Gasteiger charge is 2.58. The van der Waals surface area contributed by atoms with Gasteiger partial charge in [-0.15, -0.1) is 0 Å². The number of aryl methyl sites for hydroxylation is 1. The zero-order chi connectivity index (χ0) is 27.7. The molecule has 2 unspecified atom stereocenters. The number of esters is 1. The van der Waals surface area contributed by atoms with Gasteiger partial charge in [-0.1, -0.05) is 91.0 Å². The molecule has 2 N–H and O–H groups in total. The Morgan fingerprint density at radius 3 is 2.00 bits per heavy atom. The molecule has 0 saturated heterocycles. The van der Waals surface area contributed by atoms with Crippen LogP contribution < -0.4 is 0 Å². The van der Waals surface area contributed by atoms with Crippen molar-refractivity contribution in [3.63, 3.8) is 0 Å². The van der Waals surface area contributed by atoms with Crippen LogP contribution in [0.3, 0.4) is 0 Å². The molecule has 1 fully saturated rings. The van der Waals surface area contributed by atoms with Gasteiger partial charge in [0, 0.05) is 5.92 Å². The summed E-state index contributed by atoms with van der Waals surface area (Å²) < 4.78 is 17.5. The number of hydrogen-bond donors (Lipinski definition) is 2. The maximum Gasteiger partial charge on any atom is 0.311 e. The highest BCUT2D eigenvalue weighted by molar-refractivity contribution is 5.74. The molecule has 208 valence electrons. The summed E-state index contributed by atoms with van der Waals surface area (Å²) in [4.78, 5) is 13.3. The molecule has 1 aliphatic carbocycles. The number of methoxy groups -OCH3 is 1. The van der Waals surface area contributed by atoms with Crippen LogP contribution in [0.4, 0.5) is 0 Å². The largest absolute Gasteiger partial charge is 0.469 e. The van der Waals surface area contributed by atoms with Gasteiger partial charge in [-0.25, -0.2) is 0 Å². The van der Waals surface area contributed by atoms with E-state index < -0.39 is 35.1 Å². The molecule has 39 heavy (non-hydrogen) atoms. The lowest BCUT2D eigenvalue weighted by molar-refractivity contribution is -0.191. The van der Waals surface area contributed by atoms with E-state index in [0.717, 1.165) is 16.7 Å². The third kappa shape index (κ3) is 7.34. The monoisotopic (exact) mass is 532 g/mol. The molecular formula is C33H40O6. The molecular weight excluding hydrogens is 492 g/mol. The maximum atomic E-state index is 13.3. The third-order valence-corrected chi connectivity index (χ3v) is 7.97. The number of aliphatic hydroxyl groups is 2. The van der Waals surface area contributed by atoms with Crippen LogP contribution in [0.1, 0.15) is 42.9 Å². The van der Waals surface area contributed by atoms with E-state index in [4.69, 9.17) is 14.2 Å². The highest BCUT2D eigenvalue weighted by atomic mass is 16.5. The van der Waals surface area contributed by atoms with Gasteiger partial charge < -0.3 is 24.4 Å². The lowest BCUT2D eigenvalue weighted by Crippen LogP contribution is -2.56. The highest BCUT2D eigenvalue weighted by Crippen LogP contribution is 2.47. The molecule has 3 aromatic rings. The number of carbonyl (C=O) groups excluding carboxylic acids is 1. The molecule has 0 heterocycles. The van der Waals surface area contributed by atoms with Gasteiger partial charge in [0.25, 0.3) is 0 Å². The van der Waals surface area contributed by atoms with E-state index >= 15 is 0 Å². The molecule has 0 amide bonds. The van der Waals surface area contributed by atoms with Gasteiger partial charge in [0.1, 0.15) is 5.60 Å². The number of carbonyl (C=O) groups is 1. The van der Waals surface area contributed by atoms with Crippen molar-refractivity contribution in [2.75, 3.05) is 13.7 Å². The summed E-state index contributed by atoms with van der Waals surface area (Å²) in [6, 6.07) is 29.4. The third-order valence-electron chi connectivity index (χ3n) is 7.97. The predicted molar refractivity (Wildman–Crippen MR) is 150 cm³/mol. The van der Waals surface area contributed by atoms with Crippen molar-refractivity contribution in [2.24, 2.45) is 11.8 Å². The Hall–Kier alpha value is -3.03. The van der Waals surface area contributed by atoms with Gasteiger partial charge in [-0.05, 0) is 49.3 Å². The number of hydrogen-bond acceptors (Lipinski definition) is 6. The van der Waals surface area contributed by atoms with Crippen molar-refractivity contribution in [1.82, 2.24) is 0 Å². The van der Waals surface area contributed by atoms with Crippen molar-refractivity contribution >= 4 is 5.97 Å². The van der Waals surface area contributed by atoms with Crippen LogP contribution in [0.15, 0.2) is 91.0 Å². The summed E-state index contributed by atoms with van der Waals surface area (Å²) in [7, 11) is 1.33. The summed E-state index contributed by atoms with van der Waals surface area (Å²) in [5, 5.41) is 24.0. The Bertz CT molecular complexity index is 1150. The summed E-state index contributed by atoms with van der Waals surface area (Å²) >= 11 is 0. The first kappa shape index (κ1) is 29.0. The van der Waals surface area contributed by atoms with E-state index in [-0.39, 0.29) is 6.61 Å². The lowest BCUT2D eigenvalue weighted by atomic mass is 9.70. The van der Waals surface area contributed by atoms with Gasteiger partial charge >= 0.3 is 5.97 Å². The minimum Gasteiger partial charge on any atom is -0.469 e. The van der Waals surface area contributed by atoms with E-state index in [1.807, 2.05) is 91.0 Å². The molecule has 4 rings (SSSR count). The van der Waals surface area contributed by atoms with Crippen molar-refractivity contribution in [1.29, 1.82) is 0 Å². The standard InChI is InChI=1S/C33H40O6/c1-32(35,21-20-25-12-6-3-7-13-25)30(31(34)37-2)28-18-19-29(39-23-27-16-10-5-11-17-27)33(28,36)24-38-22-26-14-8-4-9-15-26/h3-17,28-30,35-36H,18-24H2,1-2H3/t28-,29+,30?,32?,33-/m1/s1. The van der Waals surface area contributed by atoms with Crippen LogP contribution in [0.25, 0.3) is 0 Å². The predicted octanol–water partition coefficient (Wildman–Crippen LogP) is 5.10. The second kappa shape index (κ2) is 13.4. The van der Waals surface area contributed by atoms with E-state index in [1.54, 1.807) is 6.92 Å². The minimum absolute atomic E-state index is 0.0335. The molecule has 3 aromatic carbocycles. The van der Waals surface area contributed by atoms with Gasteiger partial charge in [0.15, 0.2) is 0 Å².